The highest BCUT2D eigenvalue weighted by Gasteiger charge is 2.34. The molecule has 3 aromatic rings. The Kier molecular flexibility index (Phi) is 6.90. The van der Waals surface area contributed by atoms with Crippen molar-refractivity contribution in [3.05, 3.63) is 69.3 Å². The molecule has 1 amide bonds. The number of aromatic nitrogens is 2. The number of anilines is 1. The Morgan fingerprint density at radius 2 is 2.03 bits per heavy atom. The number of ether oxygens (including phenoxy) is 1. The number of hydrogen-bond donors (Lipinski definition) is 2. The van der Waals surface area contributed by atoms with Gasteiger partial charge in [0, 0.05) is 23.6 Å². The van der Waals surface area contributed by atoms with Gasteiger partial charge in [0.2, 0.25) is 0 Å². The molecule has 0 saturated heterocycles. The van der Waals surface area contributed by atoms with Gasteiger partial charge in [0.1, 0.15) is 10.7 Å². The van der Waals surface area contributed by atoms with E-state index in [1.807, 2.05) is 25.3 Å². The average Bonchev–Trinajstić information content (AvgIpc) is 3.11. The highest BCUT2D eigenvalue weighted by molar-refractivity contribution is 7.98. The Labute approximate surface area is 200 Å². The van der Waals surface area contributed by atoms with Crippen molar-refractivity contribution in [3.63, 3.8) is 0 Å². The first-order chi connectivity index (χ1) is 15.4. The highest BCUT2D eigenvalue weighted by atomic mass is 35.5. The summed E-state index contributed by atoms with van der Waals surface area (Å²) in [6.07, 6.45) is 2.64. The molecule has 166 valence electrons. The minimum atomic E-state index is -0.692. The molecule has 0 bridgehead atoms. The van der Waals surface area contributed by atoms with E-state index in [1.54, 1.807) is 18.2 Å². The number of rotatable bonds is 7. The lowest BCUT2D eigenvalue weighted by molar-refractivity contribution is 0.0573. The van der Waals surface area contributed by atoms with E-state index in [2.05, 4.69) is 22.4 Å². The van der Waals surface area contributed by atoms with Crippen molar-refractivity contribution in [1.29, 1.82) is 0 Å². The molecule has 0 spiro atoms. The van der Waals surface area contributed by atoms with E-state index in [4.69, 9.17) is 38.7 Å². The third-order valence-electron chi connectivity index (χ3n) is 5.33. The van der Waals surface area contributed by atoms with Crippen molar-refractivity contribution in [2.75, 3.05) is 18.2 Å². The number of primary amides is 1. The summed E-state index contributed by atoms with van der Waals surface area (Å²) in [5.41, 5.74) is 8.95. The van der Waals surface area contributed by atoms with Crippen LogP contribution in [-0.2, 0) is 11.2 Å². The van der Waals surface area contributed by atoms with Crippen molar-refractivity contribution in [2.24, 2.45) is 5.73 Å². The van der Waals surface area contributed by atoms with Gasteiger partial charge in [-0.15, -0.1) is 11.8 Å². The van der Waals surface area contributed by atoms with Crippen LogP contribution in [-0.4, -0.2) is 34.8 Å². The van der Waals surface area contributed by atoms with E-state index in [9.17, 15) is 4.79 Å². The van der Waals surface area contributed by atoms with Gasteiger partial charge in [0.15, 0.2) is 11.5 Å². The minimum absolute atomic E-state index is 0.0359. The van der Waals surface area contributed by atoms with Crippen LogP contribution in [0.25, 0.3) is 11.3 Å². The van der Waals surface area contributed by atoms with E-state index in [0.717, 1.165) is 12.0 Å². The second-order valence-corrected chi connectivity index (χ2v) is 8.92. The first-order valence-corrected chi connectivity index (χ1v) is 12.1. The molecule has 3 N–H and O–H groups in total. The number of nitrogens with zero attached hydrogens (tertiary/aromatic N) is 2. The second-order valence-electron chi connectivity index (χ2n) is 7.29. The molecular formula is C23H22Cl2N4O2S. The van der Waals surface area contributed by atoms with Crippen molar-refractivity contribution in [2.45, 2.75) is 30.5 Å². The number of carbonyl (C=O) groups excluding carboxylic acids is 1. The summed E-state index contributed by atoms with van der Waals surface area (Å²) in [5, 5.41) is 4.94. The minimum Gasteiger partial charge on any atom is -0.376 e. The molecule has 0 aliphatic heterocycles. The number of hydrogen-bond acceptors (Lipinski definition) is 6. The van der Waals surface area contributed by atoms with E-state index < -0.39 is 5.91 Å². The highest BCUT2D eigenvalue weighted by Crippen LogP contribution is 2.39. The number of nitrogens with two attached hydrogens (primary N) is 1. The molecule has 9 heteroatoms. The zero-order valence-electron chi connectivity index (χ0n) is 17.6. The van der Waals surface area contributed by atoms with Gasteiger partial charge in [-0.3, -0.25) is 4.79 Å². The standard InChI is InChI=1S/C23H22Cl2N4O2S/c1-3-31-17-10-12-6-4-5-7-14(12)18(17)27-22-23(32-2)29-19(20(28-22)21(26)30)15-9-8-13(24)11-16(15)25/h4-9,11,17-18H,3,10H2,1-2H3,(H2,26,30)(H,27,28). The number of thioether (sulfide) groups is 1. The van der Waals surface area contributed by atoms with E-state index in [1.165, 1.54) is 17.3 Å². The third kappa shape index (κ3) is 4.43. The maximum absolute atomic E-state index is 12.3. The van der Waals surface area contributed by atoms with Gasteiger partial charge < -0.3 is 15.8 Å². The topological polar surface area (TPSA) is 90.1 Å². The van der Waals surface area contributed by atoms with Crippen LogP contribution in [0.1, 0.15) is 34.6 Å². The summed E-state index contributed by atoms with van der Waals surface area (Å²) in [6, 6.07) is 13.1. The fourth-order valence-electron chi connectivity index (χ4n) is 3.94. The van der Waals surface area contributed by atoms with Gasteiger partial charge in [0.05, 0.1) is 17.2 Å². The number of amides is 1. The molecule has 6 nitrogen and oxygen atoms in total. The Hall–Kier alpha value is -2.32. The quantitative estimate of drug-likeness (QED) is 0.433. The third-order valence-corrected chi connectivity index (χ3v) is 6.55. The largest absolute Gasteiger partial charge is 0.376 e. The number of benzene rings is 2. The molecular weight excluding hydrogens is 467 g/mol. The van der Waals surface area contributed by atoms with Crippen LogP contribution in [0.3, 0.4) is 0 Å². The summed E-state index contributed by atoms with van der Waals surface area (Å²) in [6.45, 7) is 2.57. The number of fused-ring (bicyclic) bond motifs is 1. The average molecular weight is 489 g/mol. The van der Waals surface area contributed by atoms with Gasteiger partial charge in [-0.2, -0.15) is 0 Å². The van der Waals surface area contributed by atoms with Gasteiger partial charge in [-0.25, -0.2) is 9.97 Å². The zero-order chi connectivity index (χ0) is 22.8. The smallest absolute Gasteiger partial charge is 0.269 e. The van der Waals surface area contributed by atoms with Gasteiger partial charge in [0.25, 0.3) is 5.91 Å². The van der Waals surface area contributed by atoms with Crippen LogP contribution in [0.2, 0.25) is 10.0 Å². The van der Waals surface area contributed by atoms with Crippen LogP contribution < -0.4 is 11.1 Å². The summed E-state index contributed by atoms with van der Waals surface area (Å²) in [7, 11) is 0. The second kappa shape index (κ2) is 9.67. The normalized spacial score (nSPS) is 17.2. The van der Waals surface area contributed by atoms with Gasteiger partial charge >= 0.3 is 0 Å². The molecule has 0 fully saturated rings. The van der Waals surface area contributed by atoms with Crippen LogP contribution in [0.4, 0.5) is 5.82 Å². The maximum Gasteiger partial charge on any atom is 0.269 e. The summed E-state index contributed by atoms with van der Waals surface area (Å²) < 4.78 is 6.00. The molecule has 32 heavy (non-hydrogen) atoms. The van der Waals surface area contributed by atoms with Crippen molar-refractivity contribution < 1.29 is 9.53 Å². The molecule has 4 rings (SSSR count). The first kappa shape index (κ1) is 22.9. The van der Waals surface area contributed by atoms with Crippen LogP contribution in [0.5, 0.6) is 0 Å². The molecule has 0 radical (unpaired) electrons. The van der Waals surface area contributed by atoms with Crippen LogP contribution in [0, 0.1) is 0 Å². The molecule has 1 aliphatic rings. The van der Waals surface area contributed by atoms with Crippen LogP contribution in [0.15, 0.2) is 47.5 Å². The zero-order valence-corrected chi connectivity index (χ0v) is 19.9. The molecule has 2 unspecified atom stereocenters. The Morgan fingerprint density at radius 3 is 2.72 bits per heavy atom. The number of carbonyl (C=O) groups is 1. The molecule has 2 atom stereocenters. The molecule has 0 saturated carbocycles. The first-order valence-electron chi connectivity index (χ1n) is 10.1. The van der Waals surface area contributed by atoms with Gasteiger partial charge in [-0.05, 0) is 42.5 Å². The Morgan fingerprint density at radius 1 is 1.25 bits per heavy atom. The fourth-order valence-corrected chi connectivity index (χ4v) is 4.92. The monoisotopic (exact) mass is 488 g/mol. The molecule has 1 heterocycles. The number of halogens is 2. The summed E-state index contributed by atoms with van der Waals surface area (Å²) >= 11 is 13.8. The fraction of sp³-hybridized carbons (Fsp3) is 0.261. The molecule has 1 aromatic heterocycles. The Bertz CT molecular complexity index is 1170. The van der Waals surface area contributed by atoms with E-state index in [-0.39, 0.29) is 17.8 Å². The predicted octanol–water partition coefficient (Wildman–Crippen LogP) is 5.39. The molecule has 2 aromatic carbocycles. The summed E-state index contributed by atoms with van der Waals surface area (Å²) in [4.78, 5) is 21.6. The molecule has 1 aliphatic carbocycles. The summed E-state index contributed by atoms with van der Waals surface area (Å²) in [5.74, 6) is -0.214. The van der Waals surface area contributed by atoms with E-state index >= 15 is 0 Å². The van der Waals surface area contributed by atoms with Gasteiger partial charge in [-0.1, -0.05) is 47.5 Å². The Balaban J connectivity index is 1.79. The lowest BCUT2D eigenvalue weighted by Crippen LogP contribution is -2.26. The predicted molar refractivity (Wildman–Crippen MR) is 130 cm³/mol. The van der Waals surface area contributed by atoms with Crippen LogP contribution >= 0.6 is 35.0 Å². The lowest BCUT2D eigenvalue weighted by atomic mass is 10.1. The van der Waals surface area contributed by atoms with Crippen molar-refractivity contribution in [1.82, 2.24) is 9.97 Å². The SMILES string of the molecule is CCOC1Cc2ccccc2C1Nc1nc(C(N)=O)c(-c2ccc(Cl)cc2Cl)nc1SC. The van der Waals surface area contributed by atoms with E-state index in [0.29, 0.717) is 38.8 Å². The van der Waals surface area contributed by atoms with Crippen molar-refractivity contribution >= 4 is 46.7 Å². The van der Waals surface area contributed by atoms with Crippen molar-refractivity contribution in [3.8, 4) is 11.3 Å². The lowest BCUT2D eigenvalue weighted by Gasteiger charge is -2.24. The number of nitrogens with one attached hydrogen (secondary N) is 1. The maximum atomic E-state index is 12.3.